The van der Waals surface area contributed by atoms with Crippen LogP contribution in [0.15, 0.2) is 29.8 Å². The van der Waals surface area contributed by atoms with Crippen LogP contribution >= 0.6 is 0 Å². The second kappa shape index (κ2) is 8.32. The molecule has 2 unspecified atom stereocenters. The molecule has 7 nitrogen and oxygen atoms in total. The van der Waals surface area contributed by atoms with E-state index in [4.69, 9.17) is 18.9 Å². The van der Waals surface area contributed by atoms with Gasteiger partial charge in [-0.2, -0.15) is 0 Å². The van der Waals surface area contributed by atoms with Crippen molar-refractivity contribution in [2.24, 2.45) is 0 Å². The maximum Gasteiger partial charge on any atom is 0.348 e. The monoisotopic (exact) mass is 389 g/mol. The van der Waals surface area contributed by atoms with Gasteiger partial charge in [-0.15, -0.1) is 0 Å². The van der Waals surface area contributed by atoms with Crippen molar-refractivity contribution in [3.8, 4) is 5.75 Å². The van der Waals surface area contributed by atoms with Crippen molar-refractivity contribution in [2.75, 3.05) is 26.2 Å². The largest absolute Gasteiger partial charge is 0.492 e. The SMILES string of the molecule is CC1CN(CCOc2ccc(C=C3C(=O)OC(C)(C)OC3=O)cc2)CC(C)O1. The van der Waals surface area contributed by atoms with Gasteiger partial charge in [0.05, 0.1) is 12.2 Å². The molecule has 0 aromatic heterocycles. The quantitative estimate of drug-likeness (QED) is 0.435. The van der Waals surface area contributed by atoms with Crippen LogP contribution in [-0.4, -0.2) is 61.1 Å². The molecule has 7 heteroatoms. The van der Waals surface area contributed by atoms with Gasteiger partial charge in [-0.25, -0.2) is 9.59 Å². The van der Waals surface area contributed by atoms with Crippen molar-refractivity contribution in [3.63, 3.8) is 0 Å². The molecule has 0 saturated carbocycles. The molecule has 28 heavy (non-hydrogen) atoms. The van der Waals surface area contributed by atoms with Gasteiger partial charge in [-0.05, 0) is 37.6 Å². The van der Waals surface area contributed by atoms with E-state index in [9.17, 15) is 9.59 Å². The summed E-state index contributed by atoms with van der Waals surface area (Å²) in [5, 5.41) is 0. The molecule has 1 aromatic rings. The van der Waals surface area contributed by atoms with Crippen molar-refractivity contribution in [2.45, 2.75) is 45.7 Å². The van der Waals surface area contributed by atoms with Gasteiger partial charge in [-0.1, -0.05) is 12.1 Å². The Bertz CT molecular complexity index is 723. The van der Waals surface area contributed by atoms with Crippen molar-refractivity contribution in [1.82, 2.24) is 4.90 Å². The molecule has 2 aliphatic rings. The lowest BCUT2D eigenvalue weighted by atomic mass is 10.1. The Morgan fingerprint density at radius 3 is 2.21 bits per heavy atom. The molecule has 2 heterocycles. The first kappa shape index (κ1) is 20.4. The Morgan fingerprint density at radius 2 is 1.64 bits per heavy atom. The van der Waals surface area contributed by atoms with Gasteiger partial charge in [0.1, 0.15) is 17.9 Å². The van der Waals surface area contributed by atoms with E-state index in [-0.39, 0.29) is 17.8 Å². The Kier molecular flexibility index (Phi) is 6.05. The van der Waals surface area contributed by atoms with E-state index in [2.05, 4.69) is 18.7 Å². The molecule has 3 rings (SSSR count). The van der Waals surface area contributed by atoms with Crippen molar-refractivity contribution in [1.29, 1.82) is 0 Å². The van der Waals surface area contributed by atoms with Crippen LogP contribution in [0.25, 0.3) is 6.08 Å². The summed E-state index contributed by atoms with van der Waals surface area (Å²) in [4.78, 5) is 26.3. The van der Waals surface area contributed by atoms with Crippen LogP contribution in [0.3, 0.4) is 0 Å². The molecule has 0 radical (unpaired) electrons. The van der Waals surface area contributed by atoms with Gasteiger partial charge in [-0.3, -0.25) is 4.90 Å². The van der Waals surface area contributed by atoms with Crippen LogP contribution in [0.5, 0.6) is 5.75 Å². The van der Waals surface area contributed by atoms with E-state index in [1.165, 1.54) is 19.9 Å². The summed E-state index contributed by atoms with van der Waals surface area (Å²) in [5.74, 6) is -1.88. The topological polar surface area (TPSA) is 74.3 Å². The molecule has 1 aromatic carbocycles. The minimum Gasteiger partial charge on any atom is -0.492 e. The molecule has 0 aliphatic carbocycles. The summed E-state index contributed by atoms with van der Waals surface area (Å²) >= 11 is 0. The number of nitrogens with zero attached hydrogens (tertiary/aromatic N) is 1. The van der Waals surface area contributed by atoms with Crippen LogP contribution in [0.2, 0.25) is 0 Å². The van der Waals surface area contributed by atoms with Crippen LogP contribution in [0.4, 0.5) is 0 Å². The molecule has 0 bridgehead atoms. The third-order valence-electron chi connectivity index (χ3n) is 4.48. The van der Waals surface area contributed by atoms with E-state index >= 15 is 0 Å². The molecule has 2 saturated heterocycles. The molecule has 2 atom stereocenters. The normalized spacial score (nSPS) is 25.1. The lowest BCUT2D eigenvalue weighted by Crippen LogP contribution is -2.46. The Morgan fingerprint density at radius 1 is 1.07 bits per heavy atom. The van der Waals surface area contributed by atoms with Gasteiger partial charge in [0.25, 0.3) is 5.79 Å². The minimum atomic E-state index is -1.24. The molecule has 2 fully saturated rings. The number of benzene rings is 1. The van der Waals surface area contributed by atoms with Crippen molar-refractivity contribution >= 4 is 18.0 Å². The van der Waals surface area contributed by atoms with E-state index in [1.54, 1.807) is 24.3 Å². The summed E-state index contributed by atoms with van der Waals surface area (Å²) < 4.78 is 21.7. The van der Waals surface area contributed by atoms with Crippen molar-refractivity contribution < 1.29 is 28.5 Å². The fraction of sp³-hybridized carbons (Fsp3) is 0.524. The number of cyclic esters (lactones) is 2. The zero-order valence-corrected chi connectivity index (χ0v) is 16.8. The predicted molar refractivity (Wildman–Crippen MR) is 103 cm³/mol. The highest BCUT2D eigenvalue weighted by Crippen LogP contribution is 2.24. The fourth-order valence-electron chi connectivity index (χ4n) is 3.36. The molecule has 0 N–H and O–H groups in total. The lowest BCUT2D eigenvalue weighted by Gasteiger charge is -2.35. The van der Waals surface area contributed by atoms with E-state index < -0.39 is 17.7 Å². The number of esters is 2. The first-order valence-corrected chi connectivity index (χ1v) is 9.51. The number of carbonyl (C=O) groups is 2. The van der Waals surface area contributed by atoms with E-state index in [0.29, 0.717) is 12.2 Å². The van der Waals surface area contributed by atoms with Crippen LogP contribution < -0.4 is 4.74 Å². The van der Waals surface area contributed by atoms with Crippen LogP contribution in [0.1, 0.15) is 33.3 Å². The second-order valence-corrected chi connectivity index (χ2v) is 7.67. The number of morpholine rings is 1. The van der Waals surface area contributed by atoms with Gasteiger partial charge in [0, 0.05) is 33.5 Å². The maximum atomic E-state index is 12.0. The number of rotatable bonds is 5. The third-order valence-corrected chi connectivity index (χ3v) is 4.48. The smallest absolute Gasteiger partial charge is 0.348 e. The summed E-state index contributed by atoms with van der Waals surface area (Å²) in [6.07, 6.45) is 1.93. The summed E-state index contributed by atoms with van der Waals surface area (Å²) in [5.41, 5.74) is 0.565. The van der Waals surface area contributed by atoms with Crippen LogP contribution in [-0.2, 0) is 23.8 Å². The zero-order chi connectivity index (χ0) is 20.3. The van der Waals surface area contributed by atoms with Crippen molar-refractivity contribution in [3.05, 3.63) is 35.4 Å². The zero-order valence-electron chi connectivity index (χ0n) is 16.8. The molecule has 0 spiro atoms. The maximum absolute atomic E-state index is 12.0. The van der Waals surface area contributed by atoms with Gasteiger partial charge >= 0.3 is 11.9 Å². The standard InChI is InChI=1S/C21H27NO6/c1-14-12-22(13-15(2)26-14)9-10-25-17-7-5-16(6-8-17)11-18-19(23)27-21(3,4)28-20(18)24/h5-8,11,14-15H,9-10,12-13H2,1-4H3. The second-order valence-electron chi connectivity index (χ2n) is 7.67. The summed E-state index contributed by atoms with van der Waals surface area (Å²) in [6, 6.07) is 7.17. The first-order chi connectivity index (χ1) is 13.2. The predicted octanol–water partition coefficient (Wildman–Crippen LogP) is 2.39. The number of ether oxygens (including phenoxy) is 4. The van der Waals surface area contributed by atoms with Gasteiger partial charge < -0.3 is 18.9 Å². The first-order valence-electron chi connectivity index (χ1n) is 9.51. The fourth-order valence-corrected chi connectivity index (χ4v) is 3.36. The Labute approximate surface area is 165 Å². The molecule has 152 valence electrons. The average Bonchev–Trinajstić information content (AvgIpc) is 2.58. The van der Waals surface area contributed by atoms with Gasteiger partial charge in [0.2, 0.25) is 0 Å². The van der Waals surface area contributed by atoms with Crippen LogP contribution in [0, 0.1) is 0 Å². The average molecular weight is 389 g/mol. The number of hydrogen-bond donors (Lipinski definition) is 0. The minimum absolute atomic E-state index is 0.122. The molecule has 2 aliphatic heterocycles. The summed E-state index contributed by atoms with van der Waals surface area (Å²) in [7, 11) is 0. The number of hydrogen-bond acceptors (Lipinski definition) is 7. The number of carbonyl (C=O) groups excluding carboxylic acids is 2. The third kappa shape index (κ3) is 5.33. The highest BCUT2D eigenvalue weighted by Gasteiger charge is 2.38. The highest BCUT2D eigenvalue weighted by molar-refractivity contribution is 6.18. The lowest BCUT2D eigenvalue weighted by molar-refractivity contribution is -0.222. The molecular weight excluding hydrogens is 362 g/mol. The Hall–Kier alpha value is -2.38. The van der Waals surface area contributed by atoms with E-state index in [1.807, 2.05) is 0 Å². The molecular formula is C21H27NO6. The summed E-state index contributed by atoms with van der Waals surface area (Å²) in [6.45, 7) is 10.4. The highest BCUT2D eigenvalue weighted by atomic mass is 16.7. The van der Waals surface area contributed by atoms with E-state index in [0.717, 1.165) is 25.4 Å². The molecule has 0 amide bonds. The van der Waals surface area contributed by atoms with Gasteiger partial charge in [0.15, 0.2) is 0 Å². The Balaban J connectivity index is 1.54.